The standard InChI is InChI=1S/C21H23NO5S/c1-22(18-12-13-28(25,26)15-18)19(23)14-27-21(24)20(16-8-4-2-5-9-16)17-10-6-3-7-11-17/h2-11,18,20H,12-15H2,1H3/t18-/m1/s1. The first-order valence-corrected chi connectivity index (χ1v) is 10.9. The normalized spacial score (nSPS) is 18.0. The third-order valence-electron chi connectivity index (χ3n) is 4.99. The number of amides is 1. The summed E-state index contributed by atoms with van der Waals surface area (Å²) in [6.07, 6.45) is 0.412. The van der Waals surface area contributed by atoms with Crippen molar-refractivity contribution in [2.45, 2.75) is 18.4 Å². The van der Waals surface area contributed by atoms with E-state index in [0.717, 1.165) is 11.1 Å². The van der Waals surface area contributed by atoms with Gasteiger partial charge in [0.25, 0.3) is 5.91 Å². The van der Waals surface area contributed by atoms with E-state index < -0.39 is 34.2 Å². The van der Waals surface area contributed by atoms with Crippen LogP contribution in [0.5, 0.6) is 0 Å². The summed E-state index contributed by atoms with van der Waals surface area (Å²) in [4.78, 5) is 26.6. The third-order valence-corrected chi connectivity index (χ3v) is 6.74. The van der Waals surface area contributed by atoms with Gasteiger partial charge in [0.15, 0.2) is 16.4 Å². The highest BCUT2D eigenvalue weighted by molar-refractivity contribution is 7.91. The highest BCUT2D eigenvalue weighted by Gasteiger charge is 2.33. The lowest BCUT2D eigenvalue weighted by atomic mass is 9.91. The van der Waals surface area contributed by atoms with Gasteiger partial charge in [0.2, 0.25) is 0 Å². The number of nitrogens with zero attached hydrogens (tertiary/aromatic N) is 1. The Morgan fingerprint density at radius 3 is 2.04 bits per heavy atom. The van der Waals surface area contributed by atoms with Crippen LogP contribution in [-0.4, -0.2) is 56.4 Å². The van der Waals surface area contributed by atoms with Crippen molar-refractivity contribution in [3.05, 3.63) is 71.8 Å². The quantitative estimate of drug-likeness (QED) is 0.692. The summed E-state index contributed by atoms with van der Waals surface area (Å²) in [5.41, 5.74) is 1.56. The average Bonchev–Trinajstić information content (AvgIpc) is 3.07. The molecule has 0 N–H and O–H groups in total. The maximum atomic E-state index is 12.8. The van der Waals surface area contributed by atoms with Crippen molar-refractivity contribution in [1.29, 1.82) is 0 Å². The van der Waals surface area contributed by atoms with E-state index in [4.69, 9.17) is 4.74 Å². The van der Waals surface area contributed by atoms with Crippen LogP contribution in [0.25, 0.3) is 0 Å². The SMILES string of the molecule is CN(C(=O)COC(=O)C(c1ccccc1)c1ccccc1)[C@@H]1CCS(=O)(=O)C1. The van der Waals surface area contributed by atoms with Crippen molar-refractivity contribution in [2.75, 3.05) is 25.2 Å². The molecule has 1 atom stereocenters. The number of ether oxygens (including phenoxy) is 1. The smallest absolute Gasteiger partial charge is 0.318 e. The molecule has 1 heterocycles. The second kappa shape index (κ2) is 8.56. The van der Waals surface area contributed by atoms with Gasteiger partial charge in [-0.05, 0) is 17.5 Å². The zero-order valence-electron chi connectivity index (χ0n) is 15.7. The van der Waals surface area contributed by atoms with E-state index in [9.17, 15) is 18.0 Å². The van der Waals surface area contributed by atoms with Crippen LogP contribution in [0.3, 0.4) is 0 Å². The second-order valence-electron chi connectivity index (χ2n) is 6.92. The van der Waals surface area contributed by atoms with Crippen LogP contribution < -0.4 is 0 Å². The molecule has 1 aliphatic rings. The summed E-state index contributed by atoms with van der Waals surface area (Å²) < 4.78 is 28.6. The van der Waals surface area contributed by atoms with Gasteiger partial charge >= 0.3 is 5.97 Å². The van der Waals surface area contributed by atoms with E-state index >= 15 is 0 Å². The Hall–Kier alpha value is -2.67. The van der Waals surface area contributed by atoms with Crippen LogP contribution >= 0.6 is 0 Å². The van der Waals surface area contributed by atoms with Crippen molar-refractivity contribution < 1.29 is 22.7 Å². The van der Waals surface area contributed by atoms with Crippen molar-refractivity contribution in [2.24, 2.45) is 0 Å². The van der Waals surface area contributed by atoms with E-state index in [-0.39, 0.29) is 17.5 Å². The fourth-order valence-electron chi connectivity index (χ4n) is 3.36. The molecule has 6 nitrogen and oxygen atoms in total. The lowest BCUT2D eigenvalue weighted by molar-refractivity contribution is -0.152. The van der Waals surface area contributed by atoms with Crippen LogP contribution in [0.4, 0.5) is 0 Å². The highest BCUT2D eigenvalue weighted by Crippen LogP contribution is 2.26. The molecule has 0 bridgehead atoms. The third kappa shape index (κ3) is 4.78. The van der Waals surface area contributed by atoms with E-state index in [2.05, 4.69) is 0 Å². The predicted molar refractivity (Wildman–Crippen MR) is 106 cm³/mol. The van der Waals surface area contributed by atoms with Crippen LogP contribution in [0.15, 0.2) is 60.7 Å². The van der Waals surface area contributed by atoms with Crippen LogP contribution in [-0.2, 0) is 24.2 Å². The van der Waals surface area contributed by atoms with E-state index in [1.54, 1.807) is 7.05 Å². The number of benzene rings is 2. The second-order valence-corrected chi connectivity index (χ2v) is 9.15. The number of sulfone groups is 1. The molecule has 0 saturated carbocycles. The lowest BCUT2D eigenvalue weighted by Crippen LogP contribution is -2.40. The molecule has 1 fully saturated rings. The average molecular weight is 401 g/mol. The number of rotatable bonds is 6. The Kier molecular flexibility index (Phi) is 6.14. The number of hydrogen-bond donors (Lipinski definition) is 0. The number of esters is 1. The first kappa shape index (κ1) is 20.1. The number of hydrogen-bond acceptors (Lipinski definition) is 5. The number of likely N-dealkylation sites (N-methyl/N-ethyl adjacent to an activating group) is 1. The topological polar surface area (TPSA) is 80.8 Å². The van der Waals surface area contributed by atoms with Gasteiger partial charge in [0, 0.05) is 13.1 Å². The van der Waals surface area contributed by atoms with Gasteiger partial charge in [-0.2, -0.15) is 0 Å². The van der Waals surface area contributed by atoms with Crippen molar-refractivity contribution in [3.8, 4) is 0 Å². The summed E-state index contributed by atoms with van der Waals surface area (Å²) in [7, 11) is -1.54. The maximum absolute atomic E-state index is 12.8. The molecule has 7 heteroatoms. The van der Waals surface area contributed by atoms with Crippen molar-refractivity contribution in [3.63, 3.8) is 0 Å². The molecule has 1 saturated heterocycles. The number of carbonyl (C=O) groups is 2. The van der Waals surface area contributed by atoms with Crippen molar-refractivity contribution >= 4 is 21.7 Å². The Morgan fingerprint density at radius 1 is 1.04 bits per heavy atom. The Bertz CT molecular complexity index is 888. The summed E-state index contributed by atoms with van der Waals surface area (Å²) in [5, 5.41) is 0. The molecule has 1 aliphatic heterocycles. The summed E-state index contributed by atoms with van der Waals surface area (Å²) in [5.74, 6) is -1.51. The molecule has 28 heavy (non-hydrogen) atoms. The largest absolute Gasteiger partial charge is 0.455 e. The minimum atomic E-state index is -3.09. The van der Waals surface area contributed by atoms with Crippen LogP contribution in [0.1, 0.15) is 23.5 Å². The van der Waals surface area contributed by atoms with Gasteiger partial charge in [-0.3, -0.25) is 9.59 Å². The lowest BCUT2D eigenvalue weighted by Gasteiger charge is -2.24. The maximum Gasteiger partial charge on any atom is 0.318 e. The fourth-order valence-corrected chi connectivity index (χ4v) is 5.13. The molecule has 0 spiro atoms. The van der Waals surface area contributed by atoms with E-state index in [1.165, 1.54) is 4.90 Å². The monoisotopic (exact) mass is 401 g/mol. The first-order chi connectivity index (χ1) is 13.4. The molecule has 2 aromatic rings. The molecule has 0 radical (unpaired) electrons. The summed E-state index contributed by atoms with van der Waals surface area (Å²) >= 11 is 0. The molecule has 1 amide bonds. The molecular weight excluding hydrogens is 378 g/mol. The Balaban J connectivity index is 1.68. The van der Waals surface area contributed by atoms with Gasteiger partial charge in [-0.1, -0.05) is 60.7 Å². The minimum absolute atomic E-state index is 0.0418. The molecule has 148 valence electrons. The minimum Gasteiger partial charge on any atom is -0.455 e. The molecule has 3 rings (SSSR count). The molecule has 0 aromatic heterocycles. The van der Waals surface area contributed by atoms with Gasteiger partial charge < -0.3 is 9.64 Å². The van der Waals surface area contributed by atoms with E-state index in [1.807, 2.05) is 60.7 Å². The molecule has 2 aromatic carbocycles. The molecule has 0 unspecified atom stereocenters. The number of carbonyl (C=O) groups excluding carboxylic acids is 2. The zero-order valence-corrected chi connectivity index (χ0v) is 16.5. The van der Waals surface area contributed by atoms with Crippen LogP contribution in [0.2, 0.25) is 0 Å². The Morgan fingerprint density at radius 2 is 1.57 bits per heavy atom. The van der Waals surface area contributed by atoms with Crippen molar-refractivity contribution in [1.82, 2.24) is 4.90 Å². The zero-order chi connectivity index (χ0) is 20.1. The van der Waals surface area contributed by atoms with Gasteiger partial charge in [-0.15, -0.1) is 0 Å². The van der Waals surface area contributed by atoms with Crippen LogP contribution in [0, 0.1) is 0 Å². The molecular formula is C21H23NO5S. The van der Waals surface area contributed by atoms with Gasteiger partial charge in [-0.25, -0.2) is 8.42 Å². The summed E-state index contributed by atoms with van der Waals surface area (Å²) in [6.45, 7) is -0.415. The van der Waals surface area contributed by atoms with E-state index in [0.29, 0.717) is 6.42 Å². The van der Waals surface area contributed by atoms with Gasteiger partial charge in [0.05, 0.1) is 11.5 Å². The Labute approximate surface area is 165 Å². The molecule has 0 aliphatic carbocycles. The highest BCUT2D eigenvalue weighted by atomic mass is 32.2. The van der Waals surface area contributed by atoms with Gasteiger partial charge in [0.1, 0.15) is 5.92 Å². The predicted octanol–water partition coefficient (Wildman–Crippen LogP) is 2.01. The summed E-state index contributed by atoms with van der Waals surface area (Å²) in [6, 6.07) is 18.1. The first-order valence-electron chi connectivity index (χ1n) is 9.10. The fraction of sp³-hybridized carbons (Fsp3) is 0.333.